The first-order valence-corrected chi connectivity index (χ1v) is 6.02. The van der Waals surface area contributed by atoms with Gasteiger partial charge in [-0.05, 0) is 12.1 Å². The molecule has 0 aliphatic heterocycles. The molecule has 0 saturated carbocycles. The van der Waals surface area contributed by atoms with Gasteiger partial charge in [-0.3, -0.25) is 10.1 Å². The third-order valence-electron chi connectivity index (χ3n) is 2.57. The minimum Gasteiger partial charge on any atom is -0.366 e. The normalized spacial score (nSPS) is 9.80. The second-order valence-corrected chi connectivity index (χ2v) is 4.30. The van der Waals surface area contributed by atoms with Gasteiger partial charge in [0.25, 0.3) is 5.69 Å². The van der Waals surface area contributed by atoms with Crippen LogP contribution in [-0.2, 0) is 6.54 Å². The fourth-order valence-electron chi connectivity index (χ4n) is 1.68. The first kappa shape index (κ1) is 13.8. The van der Waals surface area contributed by atoms with Crippen LogP contribution in [-0.4, -0.2) is 9.91 Å². The Kier molecular flexibility index (Phi) is 4.13. The Morgan fingerprint density at radius 3 is 2.85 bits per heavy atom. The highest BCUT2D eigenvalue weighted by Gasteiger charge is 2.12. The standard InChI is InChI=1S/C13H9ClN4O2/c14-12-5-9(7-15)6-13(17-12)16-8-10-3-1-2-4-11(10)18(19)20/h1-6H,8H2,(H,16,17). The molecule has 1 aromatic heterocycles. The number of nitrogens with zero attached hydrogens (tertiary/aromatic N) is 3. The summed E-state index contributed by atoms with van der Waals surface area (Å²) in [4.78, 5) is 14.4. The summed E-state index contributed by atoms with van der Waals surface area (Å²) in [7, 11) is 0. The number of pyridine rings is 1. The predicted octanol–water partition coefficient (Wildman–Crippen LogP) is 3.13. The molecular weight excluding hydrogens is 280 g/mol. The van der Waals surface area contributed by atoms with Gasteiger partial charge >= 0.3 is 0 Å². The van der Waals surface area contributed by atoms with Crippen LogP contribution in [0.4, 0.5) is 11.5 Å². The van der Waals surface area contributed by atoms with Gasteiger partial charge in [0.15, 0.2) is 0 Å². The number of rotatable bonds is 4. The Balaban J connectivity index is 2.19. The second kappa shape index (κ2) is 5.99. The number of anilines is 1. The third-order valence-corrected chi connectivity index (χ3v) is 2.77. The van der Waals surface area contributed by atoms with Crippen LogP contribution in [0.1, 0.15) is 11.1 Å². The fourth-order valence-corrected chi connectivity index (χ4v) is 1.88. The van der Waals surface area contributed by atoms with E-state index in [2.05, 4.69) is 10.3 Å². The molecule has 0 unspecified atom stereocenters. The molecule has 0 amide bonds. The highest BCUT2D eigenvalue weighted by Crippen LogP contribution is 2.20. The van der Waals surface area contributed by atoms with Crippen molar-refractivity contribution >= 4 is 23.1 Å². The molecule has 0 bridgehead atoms. The van der Waals surface area contributed by atoms with Crippen molar-refractivity contribution in [1.82, 2.24) is 4.98 Å². The van der Waals surface area contributed by atoms with Gasteiger partial charge in [0.2, 0.25) is 0 Å². The SMILES string of the molecule is N#Cc1cc(Cl)nc(NCc2ccccc2[N+](=O)[O-])c1. The van der Waals surface area contributed by atoms with Crippen molar-refractivity contribution in [2.45, 2.75) is 6.54 Å². The molecule has 0 aliphatic carbocycles. The molecule has 1 heterocycles. The number of nitriles is 1. The molecule has 100 valence electrons. The molecule has 0 aliphatic rings. The Hall–Kier alpha value is -2.65. The molecule has 0 atom stereocenters. The summed E-state index contributed by atoms with van der Waals surface area (Å²) in [5.41, 5.74) is 0.926. The van der Waals surface area contributed by atoms with Crippen LogP contribution >= 0.6 is 11.6 Å². The maximum atomic E-state index is 10.9. The van der Waals surface area contributed by atoms with Crippen molar-refractivity contribution in [3.05, 3.63) is 62.8 Å². The number of hydrogen-bond donors (Lipinski definition) is 1. The number of nitrogens with one attached hydrogen (secondary N) is 1. The maximum Gasteiger partial charge on any atom is 0.274 e. The van der Waals surface area contributed by atoms with Crippen LogP contribution in [0.15, 0.2) is 36.4 Å². The molecule has 1 N–H and O–H groups in total. The van der Waals surface area contributed by atoms with Gasteiger partial charge in [0.1, 0.15) is 11.0 Å². The maximum absolute atomic E-state index is 10.9. The molecule has 0 saturated heterocycles. The summed E-state index contributed by atoms with van der Waals surface area (Å²) < 4.78 is 0. The average Bonchev–Trinajstić information content (AvgIpc) is 2.44. The molecule has 0 radical (unpaired) electrons. The largest absolute Gasteiger partial charge is 0.366 e. The zero-order valence-electron chi connectivity index (χ0n) is 10.2. The van der Waals surface area contributed by atoms with E-state index in [0.29, 0.717) is 16.9 Å². The van der Waals surface area contributed by atoms with E-state index in [1.165, 1.54) is 18.2 Å². The zero-order valence-corrected chi connectivity index (χ0v) is 11.0. The number of hydrogen-bond acceptors (Lipinski definition) is 5. The van der Waals surface area contributed by atoms with Crippen LogP contribution in [0.3, 0.4) is 0 Å². The van der Waals surface area contributed by atoms with Gasteiger partial charge in [-0.2, -0.15) is 5.26 Å². The topological polar surface area (TPSA) is 91.8 Å². The van der Waals surface area contributed by atoms with E-state index < -0.39 is 4.92 Å². The first-order chi connectivity index (χ1) is 9.60. The predicted molar refractivity (Wildman–Crippen MR) is 74.4 cm³/mol. The lowest BCUT2D eigenvalue weighted by Crippen LogP contribution is -2.04. The van der Waals surface area contributed by atoms with Crippen LogP contribution in [0.25, 0.3) is 0 Å². The molecular formula is C13H9ClN4O2. The van der Waals surface area contributed by atoms with Crippen molar-refractivity contribution in [2.75, 3.05) is 5.32 Å². The Morgan fingerprint density at radius 1 is 1.40 bits per heavy atom. The van der Waals surface area contributed by atoms with Crippen molar-refractivity contribution in [3.63, 3.8) is 0 Å². The highest BCUT2D eigenvalue weighted by atomic mass is 35.5. The Labute approximate surface area is 119 Å². The average molecular weight is 289 g/mol. The van der Waals surface area contributed by atoms with E-state index in [9.17, 15) is 10.1 Å². The number of aromatic nitrogens is 1. The summed E-state index contributed by atoms with van der Waals surface area (Å²) in [5, 5.41) is 22.8. The van der Waals surface area contributed by atoms with Crippen molar-refractivity contribution < 1.29 is 4.92 Å². The van der Waals surface area contributed by atoms with E-state index in [1.807, 2.05) is 6.07 Å². The van der Waals surface area contributed by atoms with Crippen LogP contribution in [0, 0.1) is 21.4 Å². The lowest BCUT2D eigenvalue weighted by atomic mass is 10.2. The summed E-state index contributed by atoms with van der Waals surface area (Å²) in [6.45, 7) is 0.218. The molecule has 20 heavy (non-hydrogen) atoms. The monoisotopic (exact) mass is 288 g/mol. The second-order valence-electron chi connectivity index (χ2n) is 3.91. The zero-order chi connectivity index (χ0) is 14.5. The third kappa shape index (κ3) is 3.22. The molecule has 7 heteroatoms. The molecule has 6 nitrogen and oxygen atoms in total. The quantitative estimate of drug-likeness (QED) is 0.530. The summed E-state index contributed by atoms with van der Waals surface area (Å²) in [6.07, 6.45) is 0. The number of nitro groups is 1. The molecule has 2 rings (SSSR count). The molecule has 2 aromatic rings. The number of halogens is 1. The summed E-state index contributed by atoms with van der Waals surface area (Å²) in [6, 6.07) is 11.3. The van der Waals surface area contributed by atoms with Crippen LogP contribution < -0.4 is 5.32 Å². The first-order valence-electron chi connectivity index (χ1n) is 5.64. The lowest BCUT2D eigenvalue weighted by molar-refractivity contribution is -0.385. The molecule has 0 spiro atoms. The smallest absolute Gasteiger partial charge is 0.274 e. The van der Waals surface area contributed by atoms with Gasteiger partial charge in [0, 0.05) is 18.2 Å². The number of nitro benzene ring substituents is 1. The fraction of sp³-hybridized carbons (Fsp3) is 0.0769. The highest BCUT2D eigenvalue weighted by molar-refractivity contribution is 6.29. The van der Waals surface area contributed by atoms with Crippen molar-refractivity contribution in [2.24, 2.45) is 0 Å². The van der Waals surface area contributed by atoms with E-state index in [4.69, 9.17) is 16.9 Å². The van der Waals surface area contributed by atoms with Gasteiger partial charge < -0.3 is 5.32 Å². The molecule has 0 fully saturated rings. The minimum absolute atomic E-state index is 0.0301. The van der Waals surface area contributed by atoms with E-state index in [-0.39, 0.29) is 17.4 Å². The Morgan fingerprint density at radius 2 is 2.15 bits per heavy atom. The van der Waals surface area contributed by atoms with Gasteiger partial charge in [-0.15, -0.1) is 0 Å². The minimum atomic E-state index is -0.441. The van der Waals surface area contributed by atoms with Gasteiger partial charge in [-0.1, -0.05) is 29.8 Å². The van der Waals surface area contributed by atoms with Crippen molar-refractivity contribution in [1.29, 1.82) is 5.26 Å². The van der Waals surface area contributed by atoms with E-state index in [0.717, 1.165) is 0 Å². The van der Waals surface area contributed by atoms with E-state index in [1.54, 1.807) is 18.2 Å². The van der Waals surface area contributed by atoms with Gasteiger partial charge in [-0.25, -0.2) is 4.98 Å². The lowest BCUT2D eigenvalue weighted by Gasteiger charge is -2.07. The summed E-state index contributed by atoms with van der Waals surface area (Å²) >= 11 is 5.78. The number of para-hydroxylation sites is 1. The van der Waals surface area contributed by atoms with Crippen LogP contribution in [0.2, 0.25) is 5.15 Å². The van der Waals surface area contributed by atoms with Gasteiger partial charge in [0.05, 0.1) is 16.6 Å². The van der Waals surface area contributed by atoms with Crippen molar-refractivity contribution in [3.8, 4) is 6.07 Å². The van der Waals surface area contributed by atoms with Crippen LogP contribution in [0.5, 0.6) is 0 Å². The summed E-state index contributed by atoms with van der Waals surface area (Å²) in [5.74, 6) is 0.396. The molecule has 1 aromatic carbocycles. The Bertz CT molecular complexity index is 697. The van der Waals surface area contributed by atoms with E-state index >= 15 is 0 Å². The number of benzene rings is 1.